The number of fused-ring (bicyclic) bond motifs is 1. The first-order valence-corrected chi connectivity index (χ1v) is 5.04. The summed E-state index contributed by atoms with van der Waals surface area (Å²) in [6.07, 6.45) is 1.23. The predicted molar refractivity (Wildman–Crippen MR) is 55.3 cm³/mol. The Bertz CT molecular complexity index is 440. The van der Waals surface area contributed by atoms with Gasteiger partial charge in [-0.15, -0.1) is 0 Å². The Balaban J connectivity index is 2.62. The molecule has 1 aliphatic rings. The summed E-state index contributed by atoms with van der Waals surface area (Å²) in [6, 6.07) is 3.30. The van der Waals surface area contributed by atoms with Crippen LogP contribution >= 0.6 is 15.9 Å². The number of halogens is 1. The predicted octanol–water partition coefficient (Wildman–Crippen LogP) is 1.68. The van der Waals surface area contributed by atoms with Gasteiger partial charge in [-0.25, -0.2) is 0 Å². The van der Waals surface area contributed by atoms with Crippen LogP contribution in [0.25, 0.3) is 0 Å². The highest BCUT2D eigenvalue weighted by atomic mass is 79.9. The van der Waals surface area contributed by atoms with E-state index in [0.717, 1.165) is 5.56 Å². The van der Waals surface area contributed by atoms with Crippen molar-refractivity contribution in [3.05, 3.63) is 33.3 Å². The standard InChI is InChI=1S/C10H8BrNO2/c11-7-4-6(10(12)14)3-5-1-2-8(13)9(5)7/h3-4H,1-2H2,(H2,12,14). The molecule has 72 valence electrons. The van der Waals surface area contributed by atoms with E-state index >= 15 is 0 Å². The van der Waals surface area contributed by atoms with E-state index in [0.29, 0.717) is 28.4 Å². The summed E-state index contributed by atoms with van der Waals surface area (Å²) in [5.41, 5.74) is 7.23. The summed E-state index contributed by atoms with van der Waals surface area (Å²) in [7, 11) is 0. The highest BCUT2D eigenvalue weighted by Gasteiger charge is 2.23. The van der Waals surface area contributed by atoms with Crippen LogP contribution in [0, 0.1) is 0 Å². The first-order valence-electron chi connectivity index (χ1n) is 4.25. The van der Waals surface area contributed by atoms with Crippen LogP contribution in [0.5, 0.6) is 0 Å². The van der Waals surface area contributed by atoms with Crippen LogP contribution in [0.4, 0.5) is 0 Å². The lowest BCUT2D eigenvalue weighted by Gasteiger charge is -2.03. The maximum absolute atomic E-state index is 11.4. The SMILES string of the molecule is NC(=O)c1cc(Br)c2c(c1)CCC2=O. The second-order valence-corrected chi connectivity index (χ2v) is 4.13. The van der Waals surface area contributed by atoms with E-state index in [2.05, 4.69) is 15.9 Å². The van der Waals surface area contributed by atoms with Gasteiger partial charge in [0.15, 0.2) is 5.78 Å². The van der Waals surface area contributed by atoms with Gasteiger partial charge in [0.25, 0.3) is 0 Å². The fourth-order valence-electron chi connectivity index (χ4n) is 1.69. The second kappa shape index (κ2) is 3.20. The molecule has 0 unspecified atom stereocenters. The molecule has 1 aliphatic carbocycles. The number of carbonyl (C=O) groups is 2. The molecule has 0 bridgehead atoms. The molecule has 1 aromatic rings. The van der Waals surface area contributed by atoms with E-state index in [1.807, 2.05) is 0 Å². The van der Waals surface area contributed by atoms with E-state index in [4.69, 9.17) is 5.73 Å². The second-order valence-electron chi connectivity index (χ2n) is 3.28. The number of aryl methyl sites for hydroxylation is 1. The molecule has 4 heteroatoms. The maximum Gasteiger partial charge on any atom is 0.248 e. The number of carbonyl (C=O) groups excluding carboxylic acids is 2. The zero-order valence-corrected chi connectivity index (χ0v) is 8.93. The van der Waals surface area contributed by atoms with Crippen LogP contribution in [0.15, 0.2) is 16.6 Å². The summed E-state index contributed by atoms with van der Waals surface area (Å²) >= 11 is 3.28. The van der Waals surface area contributed by atoms with Crippen molar-refractivity contribution < 1.29 is 9.59 Å². The van der Waals surface area contributed by atoms with E-state index in [9.17, 15) is 9.59 Å². The van der Waals surface area contributed by atoms with Crippen LogP contribution in [-0.4, -0.2) is 11.7 Å². The number of nitrogens with two attached hydrogens (primary N) is 1. The van der Waals surface area contributed by atoms with Crippen molar-refractivity contribution >= 4 is 27.6 Å². The molecule has 0 aromatic heterocycles. The van der Waals surface area contributed by atoms with Crippen molar-refractivity contribution in [2.24, 2.45) is 5.73 Å². The summed E-state index contributed by atoms with van der Waals surface area (Å²) in [4.78, 5) is 22.4. The summed E-state index contributed by atoms with van der Waals surface area (Å²) in [6.45, 7) is 0. The zero-order chi connectivity index (χ0) is 10.3. The van der Waals surface area contributed by atoms with E-state index in [-0.39, 0.29) is 5.78 Å². The summed E-state index contributed by atoms with van der Waals surface area (Å²) in [5.74, 6) is -0.337. The first kappa shape index (κ1) is 9.40. The molecule has 14 heavy (non-hydrogen) atoms. The van der Waals surface area contributed by atoms with Crippen molar-refractivity contribution in [1.82, 2.24) is 0 Å². The quantitative estimate of drug-likeness (QED) is 0.828. The van der Waals surface area contributed by atoms with Crippen molar-refractivity contribution in [2.75, 3.05) is 0 Å². The molecule has 0 aliphatic heterocycles. The van der Waals surface area contributed by atoms with E-state index < -0.39 is 5.91 Å². The van der Waals surface area contributed by atoms with Gasteiger partial charge in [0.1, 0.15) is 0 Å². The Morgan fingerprint density at radius 3 is 2.71 bits per heavy atom. The number of benzene rings is 1. The number of ketones is 1. The molecule has 0 atom stereocenters. The van der Waals surface area contributed by atoms with Crippen LogP contribution in [0.3, 0.4) is 0 Å². The molecular formula is C10H8BrNO2. The molecule has 3 nitrogen and oxygen atoms in total. The first-order chi connectivity index (χ1) is 6.59. The minimum absolute atomic E-state index is 0.128. The smallest absolute Gasteiger partial charge is 0.248 e. The molecule has 0 saturated carbocycles. The molecule has 0 heterocycles. The number of hydrogen-bond donors (Lipinski definition) is 1. The van der Waals surface area contributed by atoms with Gasteiger partial charge in [-0.05, 0) is 24.1 Å². The lowest BCUT2D eigenvalue weighted by Crippen LogP contribution is -2.11. The van der Waals surface area contributed by atoms with Crippen molar-refractivity contribution in [3.63, 3.8) is 0 Å². The van der Waals surface area contributed by atoms with Crippen LogP contribution in [0.1, 0.15) is 32.7 Å². The Labute approximate surface area is 89.4 Å². The van der Waals surface area contributed by atoms with E-state index in [1.165, 1.54) is 0 Å². The van der Waals surface area contributed by atoms with Gasteiger partial charge in [0.05, 0.1) is 0 Å². The van der Waals surface area contributed by atoms with E-state index in [1.54, 1.807) is 12.1 Å². The number of amides is 1. The minimum Gasteiger partial charge on any atom is -0.366 e. The average molecular weight is 254 g/mol. The zero-order valence-electron chi connectivity index (χ0n) is 7.34. The fourth-order valence-corrected chi connectivity index (χ4v) is 2.41. The Kier molecular flexibility index (Phi) is 2.15. The highest BCUT2D eigenvalue weighted by molar-refractivity contribution is 9.10. The summed E-state index contributed by atoms with van der Waals surface area (Å²) in [5, 5.41) is 0. The van der Waals surface area contributed by atoms with Gasteiger partial charge in [0, 0.05) is 22.0 Å². The van der Waals surface area contributed by atoms with Crippen LogP contribution < -0.4 is 5.73 Å². The topological polar surface area (TPSA) is 60.2 Å². The highest BCUT2D eigenvalue weighted by Crippen LogP contribution is 2.30. The number of hydrogen-bond acceptors (Lipinski definition) is 2. The molecule has 0 saturated heterocycles. The molecule has 1 aromatic carbocycles. The third-order valence-electron chi connectivity index (χ3n) is 2.36. The maximum atomic E-state index is 11.4. The Morgan fingerprint density at radius 2 is 2.07 bits per heavy atom. The molecule has 2 N–H and O–H groups in total. The molecule has 2 rings (SSSR count). The van der Waals surface area contributed by atoms with Gasteiger partial charge in [0.2, 0.25) is 5.91 Å². The third-order valence-corrected chi connectivity index (χ3v) is 2.98. The lowest BCUT2D eigenvalue weighted by molar-refractivity contribution is 0.0986. The van der Waals surface area contributed by atoms with Gasteiger partial charge in [-0.3, -0.25) is 9.59 Å². The van der Waals surface area contributed by atoms with Gasteiger partial charge in [-0.1, -0.05) is 15.9 Å². The van der Waals surface area contributed by atoms with Crippen molar-refractivity contribution in [1.29, 1.82) is 0 Å². The Morgan fingerprint density at radius 1 is 1.36 bits per heavy atom. The van der Waals surface area contributed by atoms with Crippen molar-refractivity contribution in [3.8, 4) is 0 Å². The molecule has 1 amide bonds. The molecular weight excluding hydrogens is 246 g/mol. The minimum atomic E-state index is -0.465. The van der Waals surface area contributed by atoms with Gasteiger partial charge >= 0.3 is 0 Å². The normalized spacial score (nSPS) is 14.2. The molecule has 0 spiro atoms. The van der Waals surface area contributed by atoms with Crippen LogP contribution in [0.2, 0.25) is 0 Å². The van der Waals surface area contributed by atoms with Crippen molar-refractivity contribution in [2.45, 2.75) is 12.8 Å². The van der Waals surface area contributed by atoms with Crippen LogP contribution in [-0.2, 0) is 6.42 Å². The molecule has 0 fully saturated rings. The monoisotopic (exact) mass is 253 g/mol. The number of primary amides is 1. The lowest BCUT2D eigenvalue weighted by atomic mass is 10.1. The largest absolute Gasteiger partial charge is 0.366 e. The third kappa shape index (κ3) is 1.35. The molecule has 0 radical (unpaired) electrons. The number of rotatable bonds is 1. The summed E-state index contributed by atoms with van der Waals surface area (Å²) < 4.78 is 0.673. The fraction of sp³-hybridized carbons (Fsp3) is 0.200. The van der Waals surface area contributed by atoms with Gasteiger partial charge in [-0.2, -0.15) is 0 Å². The average Bonchev–Trinajstić information content (AvgIpc) is 2.48. The van der Waals surface area contributed by atoms with Gasteiger partial charge < -0.3 is 5.73 Å². The number of Topliss-reactive ketones (excluding diaryl/α,β-unsaturated/α-hetero) is 1. The Hall–Kier alpha value is -1.16.